The average molecular weight is 349 g/mol. The lowest BCUT2D eigenvalue weighted by Gasteiger charge is -2.05. The van der Waals surface area contributed by atoms with E-state index in [1.54, 1.807) is 54.5 Å². The largest absolute Gasteiger partial charge is 0.491 e. The van der Waals surface area contributed by atoms with Gasteiger partial charge in [-0.05, 0) is 48.0 Å². The summed E-state index contributed by atoms with van der Waals surface area (Å²) in [4.78, 5) is 16.2. The Hall–Kier alpha value is -3.25. The van der Waals surface area contributed by atoms with Gasteiger partial charge in [0.05, 0.1) is 12.3 Å². The molecule has 0 amide bonds. The third-order valence-electron chi connectivity index (χ3n) is 3.70. The highest BCUT2D eigenvalue weighted by Crippen LogP contribution is 2.14. The van der Waals surface area contributed by atoms with Crippen LogP contribution in [-0.2, 0) is 4.74 Å². The van der Waals surface area contributed by atoms with Crippen molar-refractivity contribution in [3.63, 3.8) is 0 Å². The minimum absolute atomic E-state index is 0.0613. The molecule has 26 heavy (non-hydrogen) atoms. The zero-order valence-corrected chi connectivity index (χ0v) is 14.4. The summed E-state index contributed by atoms with van der Waals surface area (Å²) in [5.74, 6) is 0.653. The highest BCUT2D eigenvalue weighted by molar-refractivity contribution is 6.06. The van der Waals surface area contributed by atoms with Gasteiger partial charge < -0.3 is 9.47 Å². The molecule has 0 atom stereocenters. The van der Waals surface area contributed by atoms with Gasteiger partial charge in [-0.15, -0.1) is 0 Å². The van der Waals surface area contributed by atoms with E-state index in [1.807, 2.05) is 24.3 Å². The fourth-order valence-electron chi connectivity index (χ4n) is 2.31. The summed E-state index contributed by atoms with van der Waals surface area (Å²) >= 11 is 0. The molecule has 0 aliphatic heterocycles. The topological polar surface area (TPSA) is 66.2 Å². The average Bonchev–Trinajstić information content (AvgIpc) is 3.22. The normalized spacial score (nSPS) is 11.0. The Bertz CT molecular complexity index is 854. The maximum Gasteiger partial charge on any atom is 0.185 e. The van der Waals surface area contributed by atoms with Gasteiger partial charge in [0, 0.05) is 12.7 Å². The number of rotatable bonds is 8. The molecule has 0 unspecified atom stereocenters. The van der Waals surface area contributed by atoms with Gasteiger partial charge in [-0.2, -0.15) is 5.10 Å². The molecule has 0 fully saturated rings. The van der Waals surface area contributed by atoms with Gasteiger partial charge in [-0.3, -0.25) is 4.79 Å². The maximum absolute atomic E-state index is 12.3. The van der Waals surface area contributed by atoms with Gasteiger partial charge in [0.1, 0.15) is 25.0 Å². The van der Waals surface area contributed by atoms with E-state index >= 15 is 0 Å². The van der Waals surface area contributed by atoms with Crippen molar-refractivity contribution in [2.24, 2.45) is 0 Å². The van der Waals surface area contributed by atoms with E-state index in [2.05, 4.69) is 10.1 Å². The first-order chi connectivity index (χ1) is 12.8. The van der Waals surface area contributed by atoms with Gasteiger partial charge in [0.2, 0.25) is 0 Å². The predicted molar refractivity (Wildman–Crippen MR) is 98.5 cm³/mol. The van der Waals surface area contributed by atoms with Crippen LogP contribution < -0.4 is 4.74 Å². The van der Waals surface area contributed by atoms with E-state index in [1.165, 1.54) is 6.33 Å². The predicted octanol–water partition coefficient (Wildman–Crippen LogP) is 3.19. The van der Waals surface area contributed by atoms with Crippen LogP contribution in [-0.4, -0.2) is 40.9 Å². The van der Waals surface area contributed by atoms with Crippen LogP contribution in [0.2, 0.25) is 0 Å². The van der Waals surface area contributed by atoms with Crippen LogP contribution in [0, 0.1) is 0 Å². The van der Waals surface area contributed by atoms with E-state index in [-0.39, 0.29) is 5.78 Å². The summed E-state index contributed by atoms with van der Waals surface area (Å²) in [6.45, 7) is 1.01. The Balaban J connectivity index is 1.60. The first-order valence-electron chi connectivity index (χ1n) is 8.15. The SMILES string of the molecule is COCCOc1ccc(C(=O)/C=C\c2ccc(-n3cncn3)cc2)cc1. The summed E-state index contributed by atoms with van der Waals surface area (Å²) in [5, 5.41) is 4.08. The Labute approximate surface area is 151 Å². The van der Waals surface area contributed by atoms with Crippen molar-refractivity contribution in [1.29, 1.82) is 0 Å². The molecule has 132 valence electrons. The van der Waals surface area contributed by atoms with E-state index in [0.29, 0.717) is 24.5 Å². The van der Waals surface area contributed by atoms with Crippen molar-refractivity contribution in [2.75, 3.05) is 20.3 Å². The van der Waals surface area contributed by atoms with Crippen molar-refractivity contribution in [1.82, 2.24) is 14.8 Å². The summed E-state index contributed by atoms with van der Waals surface area (Å²) < 4.78 is 12.1. The lowest BCUT2D eigenvalue weighted by Crippen LogP contribution is -2.04. The Morgan fingerprint density at radius 2 is 1.85 bits per heavy atom. The fourth-order valence-corrected chi connectivity index (χ4v) is 2.31. The molecular weight excluding hydrogens is 330 g/mol. The van der Waals surface area contributed by atoms with Crippen LogP contribution >= 0.6 is 0 Å². The fraction of sp³-hybridized carbons (Fsp3) is 0.150. The number of carbonyl (C=O) groups excluding carboxylic acids is 1. The molecule has 3 aromatic rings. The number of hydrogen-bond donors (Lipinski definition) is 0. The lowest BCUT2D eigenvalue weighted by molar-refractivity contribution is 0.104. The van der Waals surface area contributed by atoms with E-state index in [9.17, 15) is 4.79 Å². The number of ether oxygens (including phenoxy) is 2. The molecule has 0 spiro atoms. The van der Waals surface area contributed by atoms with E-state index < -0.39 is 0 Å². The number of nitrogens with zero attached hydrogens (tertiary/aromatic N) is 3. The number of hydrogen-bond acceptors (Lipinski definition) is 5. The molecule has 1 heterocycles. The Kier molecular flexibility index (Phi) is 5.90. The Morgan fingerprint density at radius 3 is 2.50 bits per heavy atom. The zero-order valence-electron chi connectivity index (χ0n) is 14.4. The monoisotopic (exact) mass is 349 g/mol. The van der Waals surface area contributed by atoms with Crippen LogP contribution in [0.4, 0.5) is 0 Å². The molecule has 0 saturated carbocycles. The van der Waals surface area contributed by atoms with Gasteiger partial charge in [-0.1, -0.05) is 18.2 Å². The van der Waals surface area contributed by atoms with Gasteiger partial charge in [0.25, 0.3) is 0 Å². The first-order valence-corrected chi connectivity index (χ1v) is 8.15. The molecule has 2 aromatic carbocycles. The van der Waals surface area contributed by atoms with E-state index in [4.69, 9.17) is 9.47 Å². The number of carbonyl (C=O) groups is 1. The quantitative estimate of drug-likeness (QED) is 0.355. The second-order valence-electron chi connectivity index (χ2n) is 5.49. The molecule has 0 radical (unpaired) electrons. The van der Waals surface area contributed by atoms with Crippen molar-refractivity contribution in [3.05, 3.63) is 78.4 Å². The summed E-state index contributed by atoms with van der Waals surface area (Å²) in [6.07, 6.45) is 6.47. The molecule has 1 aromatic heterocycles. The standard InChI is InChI=1S/C20H19N3O3/c1-25-12-13-26-19-9-5-17(6-10-19)20(24)11-4-16-2-7-18(8-3-16)23-15-21-14-22-23/h2-11,14-15H,12-13H2,1H3/b11-4-. The van der Waals surface area contributed by atoms with Crippen LogP contribution in [0.5, 0.6) is 5.75 Å². The number of benzene rings is 2. The minimum atomic E-state index is -0.0613. The first kappa shape index (κ1) is 17.6. The molecule has 6 nitrogen and oxygen atoms in total. The van der Waals surface area contributed by atoms with Crippen molar-refractivity contribution in [3.8, 4) is 11.4 Å². The van der Waals surface area contributed by atoms with Gasteiger partial charge in [0.15, 0.2) is 5.78 Å². The highest BCUT2D eigenvalue weighted by atomic mass is 16.5. The van der Waals surface area contributed by atoms with Crippen LogP contribution in [0.1, 0.15) is 15.9 Å². The second-order valence-corrected chi connectivity index (χ2v) is 5.49. The van der Waals surface area contributed by atoms with Crippen molar-refractivity contribution < 1.29 is 14.3 Å². The molecule has 0 bridgehead atoms. The van der Waals surface area contributed by atoms with Crippen LogP contribution in [0.3, 0.4) is 0 Å². The number of aromatic nitrogens is 3. The summed E-state index contributed by atoms with van der Waals surface area (Å²) in [6, 6.07) is 14.8. The second kappa shape index (κ2) is 8.73. The summed E-state index contributed by atoms with van der Waals surface area (Å²) in [5.41, 5.74) is 2.45. The van der Waals surface area contributed by atoms with Gasteiger partial charge >= 0.3 is 0 Å². The Morgan fingerprint density at radius 1 is 1.08 bits per heavy atom. The maximum atomic E-state index is 12.3. The zero-order chi connectivity index (χ0) is 18.2. The molecule has 0 aliphatic carbocycles. The highest BCUT2D eigenvalue weighted by Gasteiger charge is 2.03. The van der Waals surface area contributed by atoms with Crippen LogP contribution in [0.15, 0.2) is 67.3 Å². The number of allylic oxidation sites excluding steroid dienone is 1. The minimum Gasteiger partial charge on any atom is -0.491 e. The smallest absolute Gasteiger partial charge is 0.185 e. The number of methoxy groups -OCH3 is 1. The van der Waals surface area contributed by atoms with Crippen LogP contribution in [0.25, 0.3) is 11.8 Å². The molecule has 0 aliphatic rings. The van der Waals surface area contributed by atoms with Crippen molar-refractivity contribution in [2.45, 2.75) is 0 Å². The third kappa shape index (κ3) is 4.64. The van der Waals surface area contributed by atoms with Crippen molar-refractivity contribution >= 4 is 11.9 Å². The van der Waals surface area contributed by atoms with E-state index in [0.717, 1.165) is 11.3 Å². The molecular formula is C20H19N3O3. The van der Waals surface area contributed by atoms with Gasteiger partial charge in [-0.25, -0.2) is 9.67 Å². The summed E-state index contributed by atoms with van der Waals surface area (Å²) in [7, 11) is 1.62. The molecule has 0 saturated heterocycles. The molecule has 6 heteroatoms. The number of ketones is 1. The molecule has 3 rings (SSSR count). The third-order valence-corrected chi connectivity index (χ3v) is 3.70. The molecule has 0 N–H and O–H groups in total. The lowest BCUT2D eigenvalue weighted by atomic mass is 10.1.